The van der Waals surface area contributed by atoms with Gasteiger partial charge in [-0.15, -0.1) is 0 Å². The van der Waals surface area contributed by atoms with Crippen molar-refractivity contribution in [3.63, 3.8) is 0 Å². The van der Waals surface area contributed by atoms with Gasteiger partial charge < -0.3 is 10.5 Å². The first kappa shape index (κ1) is 12.0. The third-order valence-electron chi connectivity index (χ3n) is 4.33. The van der Waals surface area contributed by atoms with Gasteiger partial charge in [0, 0.05) is 25.7 Å². The fourth-order valence-corrected chi connectivity index (χ4v) is 3.30. The first-order chi connectivity index (χ1) is 8.85. The number of hydrogen-bond acceptors (Lipinski definition) is 3. The molecule has 1 saturated heterocycles. The minimum absolute atomic E-state index is 0.594. The first-order valence-corrected chi connectivity index (χ1v) is 7.01. The first-order valence-electron chi connectivity index (χ1n) is 7.01. The molecule has 98 valence electrons. The van der Waals surface area contributed by atoms with Crippen LogP contribution in [0.1, 0.15) is 24.8 Å². The van der Waals surface area contributed by atoms with Crippen LogP contribution >= 0.6 is 0 Å². The van der Waals surface area contributed by atoms with E-state index in [-0.39, 0.29) is 0 Å². The zero-order valence-corrected chi connectivity index (χ0v) is 10.8. The Kier molecular flexibility index (Phi) is 3.52. The molecule has 1 aliphatic heterocycles. The summed E-state index contributed by atoms with van der Waals surface area (Å²) >= 11 is 0. The van der Waals surface area contributed by atoms with Crippen molar-refractivity contribution in [2.45, 2.75) is 31.8 Å². The highest BCUT2D eigenvalue weighted by atomic mass is 16.5. The SMILES string of the molecule is NCc1ccc(OCCN2CC3CCC2C3)cc1. The van der Waals surface area contributed by atoms with E-state index in [1.807, 2.05) is 24.3 Å². The van der Waals surface area contributed by atoms with E-state index in [1.54, 1.807) is 0 Å². The highest BCUT2D eigenvalue weighted by molar-refractivity contribution is 5.27. The predicted molar refractivity (Wildman–Crippen MR) is 72.5 cm³/mol. The third-order valence-corrected chi connectivity index (χ3v) is 4.33. The summed E-state index contributed by atoms with van der Waals surface area (Å²) in [6.45, 7) is 3.75. The largest absolute Gasteiger partial charge is 0.492 e. The van der Waals surface area contributed by atoms with E-state index in [0.29, 0.717) is 6.54 Å². The second-order valence-corrected chi connectivity index (χ2v) is 5.52. The average molecular weight is 246 g/mol. The summed E-state index contributed by atoms with van der Waals surface area (Å²) in [6.07, 6.45) is 4.27. The number of ether oxygens (including phenoxy) is 1. The molecule has 1 aromatic rings. The van der Waals surface area contributed by atoms with Gasteiger partial charge in [-0.2, -0.15) is 0 Å². The van der Waals surface area contributed by atoms with E-state index in [2.05, 4.69) is 4.90 Å². The summed E-state index contributed by atoms with van der Waals surface area (Å²) < 4.78 is 5.79. The molecule has 2 atom stereocenters. The van der Waals surface area contributed by atoms with Crippen molar-refractivity contribution in [2.75, 3.05) is 19.7 Å². The van der Waals surface area contributed by atoms with Crippen LogP contribution in [0.3, 0.4) is 0 Å². The lowest BCUT2D eigenvalue weighted by Crippen LogP contribution is -2.35. The molecule has 2 aliphatic rings. The molecule has 1 heterocycles. The topological polar surface area (TPSA) is 38.5 Å². The van der Waals surface area contributed by atoms with E-state index >= 15 is 0 Å². The summed E-state index contributed by atoms with van der Waals surface area (Å²) in [7, 11) is 0. The normalized spacial score (nSPS) is 26.7. The molecule has 3 heteroatoms. The highest BCUT2D eigenvalue weighted by Gasteiger charge is 2.37. The van der Waals surface area contributed by atoms with Crippen molar-refractivity contribution in [2.24, 2.45) is 11.7 Å². The van der Waals surface area contributed by atoms with Crippen LogP contribution < -0.4 is 10.5 Å². The number of nitrogens with zero attached hydrogens (tertiary/aromatic N) is 1. The number of piperidine rings is 1. The zero-order valence-electron chi connectivity index (χ0n) is 10.8. The van der Waals surface area contributed by atoms with Crippen molar-refractivity contribution in [1.29, 1.82) is 0 Å². The van der Waals surface area contributed by atoms with Crippen LogP contribution in [0.2, 0.25) is 0 Å². The summed E-state index contributed by atoms with van der Waals surface area (Å²) in [6, 6.07) is 8.94. The van der Waals surface area contributed by atoms with E-state index in [4.69, 9.17) is 10.5 Å². The molecule has 0 spiro atoms. The van der Waals surface area contributed by atoms with Crippen LogP contribution in [0.25, 0.3) is 0 Å². The van der Waals surface area contributed by atoms with Gasteiger partial charge in [-0.3, -0.25) is 4.90 Å². The van der Waals surface area contributed by atoms with Crippen LogP contribution in [0.5, 0.6) is 5.75 Å². The lowest BCUT2D eigenvalue weighted by molar-refractivity contribution is 0.172. The number of likely N-dealkylation sites (tertiary alicyclic amines) is 1. The molecule has 1 aliphatic carbocycles. The molecule has 0 aromatic heterocycles. The summed E-state index contributed by atoms with van der Waals surface area (Å²) in [5, 5.41) is 0. The fourth-order valence-electron chi connectivity index (χ4n) is 3.30. The quantitative estimate of drug-likeness (QED) is 0.863. The van der Waals surface area contributed by atoms with Gasteiger partial charge in [0.2, 0.25) is 0 Å². The Morgan fingerprint density at radius 2 is 2.06 bits per heavy atom. The van der Waals surface area contributed by atoms with Gasteiger partial charge in [-0.05, 0) is 42.9 Å². The Balaban J connectivity index is 1.44. The highest BCUT2D eigenvalue weighted by Crippen LogP contribution is 2.36. The smallest absolute Gasteiger partial charge is 0.119 e. The molecule has 3 rings (SSSR count). The molecule has 0 amide bonds. The van der Waals surface area contributed by atoms with Gasteiger partial charge in [0.15, 0.2) is 0 Å². The fraction of sp³-hybridized carbons (Fsp3) is 0.600. The van der Waals surface area contributed by atoms with Gasteiger partial charge in [0.25, 0.3) is 0 Å². The van der Waals surface area contributed by atoms with Crippen molar-refractivity contribution in [1.82, 2.24) is 4.90 Å². The predicted octanol–water partition coefficient (Wildman–Crippen LogP) is 2.01. The summed E-state index contributed by atoms with van der Waals surface area (Å²) in [5.74, 6) is 1.93. The van der Waals surface area contributed by atoms with E-state index < -0.39 is 0 Å². The third kappa shape index (κ3) is 2.52. The van der Waals surface area contributed by atoms with Crippen LogP contribution in [0.15, 0.2) is 24.3 Å². The van der Waals surface area contributed by atoms with Gasteiger partial charge in [-0.25, -0.2) is 0 Å². The summed E-state index contributed by atoms with van der Waals surface area (Å²) in [4.78, 5) is 2.60. The molecule has 18 heavy (non-hydrogen) atoms. The molecule has 2 N–H and O–H groups in total. The molecular weight excluding hydrogens is 224 g/mol. The number of benzene rings is 1. The van der Waals surface area contributed by atoms with Gasteiger partial charge >= 0.3 is 0 Å². The molecule has 2 unspecified atom stereocenters. The molecule has 0 radical (unpaired) electrons. The standard InChI is InChI=1S/C15H22N2O/c16-10-12-2-5-15(6-3-12)18-8-7-17-11-13-1-4-14(17)9-13/h2-3,5-6,13-14H,1,4,7-11,16H2. The number of rotatable bonds is 5. The van der Waals surface area contributed by atoms with Crippen molar-refractivity contribution >= 4 is 0 Å². The summed E-state index contributed by atoms with van der Waals surface area (Å²) in [5.41, 5.74) is 6.72. The van der Waals surface area contributed by atoms with Crippen LogP contribution in [0, 0.1) is 5.92 Å². The molecular formula is C15H22N2O. The van der Waals surface area contributed by atoms with Gasteiger partial charge in [-0.1, -0.05) is 12.1 Å². The molecule has 1 aromatic carbocycles. The Morgan fingerprint density at radius 3 is 2.67 bits per heavy atom. The van der Waals surface area contributed by atoms with Crippen molar-refractivity contribution in [3.8, 4) is 5.75 Å². The lowest BCUT2D eigenvalue weighted by atomic mass is 10.1. The minimum Gasteiger partial charge on any atom is -0.492 e. The Hall–Kier alpha value is -1.06. The number of nitrogens with two attached hydrogens (primary N) is 1. The number of hydrogen-bond donors (Lipinski definition) is 1. The van der Waals surface area contributed by atoms with Crippen molar-refractivity contribution in [3.05, 3.63) is 29.8 Å². The zero-order chi connectivity index (χ0) is 12.4. The van der Waals surface area contributed by atoms with E-state index in [0.717, 1.165) is 36.4 Å². The van der Waals surface area contributed by atoms with Crippen LogP contribution in [0.4, 0.5) is 0 Å². The second kappa shape index (κ2) is 5.29. The maximum Gasteiger partial charge on any atom is 0.119 e. The van der Waals surface area contributed by atoms with Gasteiger partial charge in [0.1, 0.15) is 12.4 Å². The van der Waals surface area contributed by atoms with Crippen molar-refractivity contribution < 1.29 is 4.74 Å². The lowest BCUT2D eigenvalue weighted by Gasteiger charge is -2.26. The Bertz CT molecular complexity index is 390. The van der Waals surface area contributed by atoms with E-state index in [1.165, 1.54) is 25.8 Å². The monoisotopic (exact) mass is 246 g/mol. The molecule has 2 bridgehead atoms. The maximum atomic E-state index is 5.79. The molecule has 3 nitrogen and oxygen atoms in total. The van der Waals surface area contributed by atoms with Crippen LogP contribution in [-0.4, -0.2) is 30.6 Å². The average Bonchev–Trinajstić information content (AvgIpc) is 3.02. The molecule has 2 fully saturated rings. The Labute approximate surface area is 109 Å². The number of fused-ring (bicyclic) bond motifs is 2. The second-order valence-electron chi connectivity index (χ2n) is 5.52. The Morgan fingerprint density at radius 1 is 1.22 bits per heavy atom. The van der Waals surface area contributed by atoms with Gasteiger partial charge in [0.05, 0.1) is 0 Å². The molecule has 1 saturated carbocycles. The van der Waals surface area contributed by atoms with E-state index in [9.17, 15) is 0 Å². The minimum atomic E-state index is 0.594. The van der Waals surface area contributed by atoms with Crippen LogP contribution in [-0.2, 0) is 6.54 Å². The maximum absolute atomic E-state index is 5.79.